The third-order valence-electron chi connectivity index (χ3n) is 12.5. The van der Waals surface area contributed by atoms with Crippen molar-refractivity contribution in [2.45, 2.75) is 144 Å². The highest BCUT2D eigenvalue weighted by molar-refractivity contribution is 7.00. The summed E-state index contributed by atoms with van der Waals surface area (Å²) in [5, 5.41) is 5.05. The van der Waals surface area contributed by atoms with Crippen molar-refractivity contribution in [1.29, 1.82) is 0 Å². The second-order valence-electron chi connectivity index (χ2n) is 22.1. The highest BCUT2D eigenvalue weighted by Crippen LogP contribution is 2.39. The Balaban J connectivity index is 0.000000247. The zero-order valence-electron chi connectivity index (χ0n) is 42.8. The molecular weight excluding hydrogens is 881 g/mol. The number of ether oxygens (including phenoxy) is 2. The average Bonchev–Trinajstić information content (AvgIpc) is 3.81. The maximum Gasteiger partial charge on any atom is 0.261 e. The third-order valence-corrected chi connectivity index (χ3v) is 25.9. The van der Waals surface area contributed by atoms with Gasteiger partial charge in [0.25, 0.3) is 16.6 Å². The van der Waals surface area contributed by atoms with Crippen molar-refractivity contribution in [3.8, 4) is 0 Å². The van der Waals surface area contributed by atoms with Crippen molar-refractivity contribution in [3.63, 3.8) is 0 Å². The number of aryl methyl sites for hydroxylation is 1. The maximum atomic E-state index is 7.12. The van der Waals surface area contributed by atoms with E-state index in [-0.39, 0.29) is 10.1 Å². The van der Waals surface area contributed by atoms with E-state index in [0.29, 0.717) is 26.7 Å². The smallest absolute Gasteiger partial charge is 0.261 e. The maximum absolute atomic E-state index is 7.12. The molecule has 0 amide bonds. The van der Waals surface area contributed by atoms with Gasteiger partial charge in [-0.2, -0.15) is 0 Å². The lowest BCUT2D eigenvalue weighted by atomic mass is 10.2. The molecule has 0 aliphatic heterocycles. The van der Waals surface area contributed by atoms with E-state index in [0.717, 1.165) is 42.0 Å². The monoisotopic (exact) mass is 961 g/mol. The summed E-state index contributed by atoms with van der Waals surface area (Å²) in [5.41, 5.74) is 4.19. The minimum atomic E-state index is -2.59. The van der Waals surface area contributed by atoms with Gasteiger partial charge in [-0.15, -0.1) is 0 Å². The second-order valence-corrected chi connectivity index (χ2v) is 41.9. The predicted octanol–water partition coefficient (Wildman–Crippen LogP) is 11.2. The molecule has 0 fully saturated rings. The summed E-state index contributed by atoms with van der Waals surface area (Å²) in [4.78, 5) is 9.28. The molecule has 356 valence electrons. The predicted molar refractivity (Wildman–Crippen MR) is 287 cm³/mol. The summed E-state index contributed by atoms with van der Waals surface area (Å²) in [5.74, 6) is 0. The van der Waals surface area contributed by atoms with Crippen molar-refractivity contribution >= 4 is 53.5 Å². The first kappa shape index (κ1) is 53.0. The molecule has 0 radical (unpaired) electrons. The molecule has 0 unspecified atom stereocenters. The van der Waals surface area contributed by atoms with Crippen LogP contribution in [0, 0.1) is 13.8 Å². The van der Waals surface area contributed by atoms with Gasteiger partial charge in [0, 0.05) is 35.1 Å². The Labute approximate surface area is 402 Å². The van der Waals surface area contributed by atoms with Crippen LogP contribution in [0.2, 0.25) is 61.4 Å². The number of hydrogen-bond acceptors (Lipinski definition) is 6. The molecule has 0 N–H and O–H groups in total. The van der Waals surface area contributed by atoms with Crippen LogP contribution in [0.25, 0.3) is 0 Å². The molecule has 0 saturated heterocycles. The Kier molecular flexibility index (Phi) is 18.4. The minimum Gasteiger partial charge on any atom is -0.402 e. The fourth-order valence-corrected chi connectivity index (χ4v) is 19.1. The van der Waals surface area contributed by atoms with Crippen LogP contribution in [0.15, 0.2) is 134 Å². The number of aromatic nitrogens is 4. The van der Waals surface area contributed by atoms with Gasteiger partial charge in [-0.05, 0) is 56.8 Å². The number of benzene rings is 4. The number of rotatable bonds is 20. The summed E-state index contributed by atoms with van der Waals surface area (Å²) in [6, 6.07) is 45.4. The van der Waals surface area contributed by atoms with E-state index in [4.69, 9.17) is 23.3 Å². The van der Waals surface area contributed by atoms with Crippen LogP contribution in [-0.2, 0) is 45.0 Å². The summed E-state index contributed by atoms with van der Waals surface area (Å²) in [6.07, 6.45) is 3.77. The van der Waals surface area contributed by atoms with Crippen LogP contribution in [0.5, 0.6) is 0 Å². The molecule has 0 saturated carbocycles. The summed E-state index contributed by atoms with van der Waals surface area (Å²) in [6.45, 7) is 35.9. The van der Waals surface area contributed by atoms with Gasteiger partial charge in [-0.25, -0.2) is 9.97 Å². The first-order valence-electron chi connectivity index (χ1n) is 23.8. The van der Waals surface area contributed by atoms with Gasteiger partial charge in [-0.3, -0.25) is 0 Å². The zero-order valence-corrected chi connectivity index (χ0v) is 46.8. The van der Waals surface area contributed by atoms with Crippen molar-refractivity contribution in [1.82, 2.24) is 19.1 Å². The largest absolute Gasteiger partial charge is 0.402 e. The number of nitrogens with zero attached hydrogens (tertiary/aromatic N) is 4. The lowest BCUT2D eigenvalue weighted by Gasteiger charge is -2.43. The first-order valence-corrected chi connectivity index (χ1v) is 35.0. The van der Waals surface area contributed by atoms with Crippen LogP contribution < -0.4 is 20.7 Å². The Bertz CT molecular complexity index is 2270. The molecule has 8 nitrogen and oxygen atoms in total. The molecule has 0 atom stereocenters. The molecule has 0 aliphatic carbocycles. The Morgan fingerprint density at radius 2 is 0.818 bits per heavy atom. The van der Waals surface area contributed by atoms with Gasteiger partial charge in [0.2, 0.25) is 0 Å². The highest BCUT2D eigenvalue weighted by Gasteiger charge is 2.51. The Morgan fingerprint density at radius 3 is 1.18 bits per heavy atom. The van der Waals surface area contributed by atoms with E-state index < -0.39 is 32.8 Å². The summed E-state index contributed by atoms with van der Waals surface area (Å²) < 4.78 is 30.4. The van der Waals surface area contributed by atoms with E-state index in [1.54, 1.807) is 0 Å². The van der Waals surface area contributed by atoms with Gasteiger partial charge >= 0.3 is 0 Å². The highest BCUT2D eigenvalue weighted by atomic mass is 28.4. The summed E-state index contributed by atoms with van der Waals surface area (Å²) in [7, 11) is -7.36. The van der Waals surface area contributed by atoms with E-state index in [2.05, 4.69) is 230 Å². The van der Waals surface area contributed by atoms with Gasteiger partial charge in [0.1, 0.15) is 13.5 Å². The van der Waals surface area contributed by atoms with Gasteiger partial charge in [0.05, 0.1) is 43.0 Å². The normalized spacial score (nSPS) is 12.8. The molecule has 2 heterocycles. The van der Waals surface area contributed by atoms with E-state index >= 15 is 0 Å². The molecule has 0 bridgehead atoms. The minimum absolute atomic E-state index is 0.0495. The summed E-state index contributed by atoms with van der Waals surface area (Å²) >= 11 is 0. The van der Waals surface area contributed by atoms with Crippen molar-refractivity contribution in [2.24, 2.45) is 0 Å². The fraction of sp³-hybridized carbons (Fsp3) is 0.444. The molecule has 0 spiro atoms. The first-order chi connectivity index (χ1) is 31.1. The SMILES string of the molecule is Cc1c(CO[Si](c2ccccc2)(c2ccccc2)C(C)(C)C)ncn1COCC[Si](C)(C)C.Cc1ncn(COCC[Si](C)(C)C)c1CO[Si](c1ccccc1)(c1ccccc1)C(C)(C)C. The molecular formula is C54H80N4O4Si4. The molecule has 12 heteroatoms. The molecule has 2 aromatic heterocycles. The van der Waals surface area contributed by atoms with E-state index in [1.165, 1.54) is 26.8 Å². The standard InChI is InChI=1S/2C27H40N2O2Si2/c1-23-26(28-21-29(23)22-30-18-19-32(5,6)7)20-31-33(27(2,3)4,24-14-10-8-11-15-24)25-16-12-9-13-17-25;1-23-26(29(21-28-23)22-30-18-19-32(5,6)7)20-31-33(27(2,3)4,24-14-10-8-11-15-24)25-16-12-9-13-17-25/h2*8-17,21H,18-20,22H2,1-7H3. The Morgan fingerprint density at radius 1 is 0.470 bits per heavy atom. The van der Waals surface area contributed by atoms with Gasteiger partial charge < -0.3 is 27.5 Å². The van der Waals surface area contributed by atoms with Gasteiger partial charge in [-0.1, -0.05) is 202 Å². The topological polar surface area (TPSA) is 72.6 Å². The fourth-order valence-electron chi connectivity index (χ4n) is 8.52. The van der Waals surface area contributed by atoms with Crippen LogP contribution in [0.4, 0.5) is 0 Å². The zero-order chi connectivity index (χ0) is 48.2. The third kappa shape index (κ3) is 13.6. The van der Waals surface area contributed by atoms with E-state index in [1.807, 2.05) is 12.7 Å². The van der Waals surface area contributed by atoms with Crippen LogP contribution in [0.3, 0.4) is 0 Å². The van der Waals surface area contributed by atoms with Crippen molar-refractivity contribution in [2.75, 3.05) is 13.2 Å². The molecule has 4 aromatic carbocycles. The molecule has 66 heavy (non-hydrogen) atoms. The second kappa shape index (κ2) is 22.9. The van der Waals surface area contributed by atoms with Crippen molar-refractivity contribution < 1.29 is 18.3 Å². The number of hydrogen-bond donors (Lipinski definition) is 0. The quantitative estimate of drug-likeness (QED) is 0.0561. The Hall–Kier alpha value is -3.99. The lowest BCUT2D eigenvalue weighted by molar-refractivity contribution is 0.0825. The lowest BCUT2D eigenvalue weighted by Crippen LogP contribution is -2.66. The van der Waals surface area contributed by atoms with Crippen LogP contribution in [-0.4, -0.2) is 65.1 Å². The average molecular weight is 962 g/mol. The molecule has 6 aromatic rings. The van der Waals surface area contributed by atoms with Crippen molar-refractivity contribution in [3.05, 3.63) is 157 Å². The van der Waals surface area contributed by atoms with Crippen LogP contribution >= 0.6 is 0 Å². The molecule has 6 rings (SSSR count). The number of imidazole rings is 2. The van der Waals surface area contributed by atoms with Crippen LogP contribution in [0.1, 0.15) is 64.3 Å². The molecule has 0 aliphatic rings. The van der Waals surface area contributed by atoms with Gasteiger partial charge in [0.15, 0.2) is 0 Å². The van der Waals surface area contributed by atoms with E-state index in [9.17, 15) is 0 Å².